The summed E-state index contributed by atoms with van der Waals surface area (Å²) in [6.07, 6.45) is 1.50. The summed E-state index contributed by atoms with van der Waals surface area (Å²) < 4.78 is 4.76. The van der Waals surface area contributed by atoms with Gasteiger partial charge in [-0.2, -0.15) is 0 Å². The number of esters is 1. The zero-order valence-corrected chi connectivity index (χ0v) is 8.92. The molecule has 1 aromatic rings. The number of carbonyl (C=O) groups excluding carboxylic acids is 1. The maximum atomic E-state index is 11.1. The van der Waals surface area contributed by atoms with Gasteiger partial charge in [0.1, 0.15) is 0 Å². The van der Waals surface area contributed by atoms with Gasteiger partial charge in [0, 0.05) is 17.7 Å². The highest BCUT2D eigenvalue weighted by Gasteiger charge is 2.11. The lowest BCUT2D eigenvalue weighted by atomic mass is 10.2. The van der Waals surface area contributed by atoms with Gasteiger partial charge in [-0.05, 0) is 0 Å². The lowest BCUT2D eigenvalue weighted by molar-refractivity contribution is -0.140. The van der Waals surface area contributed by atoms with Gasteiger partial charge in [-0.25, -0.2) is 9.59 Å². The van der Waals surface area contributed by atoms with E-state index in [0.29, 0.717) is 11.6 Å². The first kappa shape index (κ1) is 12.3. The number of alkyl halides is 1. The third kappa shape index (κ3) is 4.14. The quantitative estimate of drug-likeness (QED) is 0.497. The molecule has 0 aromatic heterocycles. The molecule has 5 heteroatoms. The first-order valence-electron chi connectivity index (χ1n) is 4.40. The minimum Gasteiger partial charge on any atom is -0.478 e. The Balaban J connectivity index is 2.55. The number of benzene rings is 1. The number of halogens is 1. The summed E-state index contributed by atoms with van der Waals surface area (Å²) in [4.78, 5) is 21.2. The van der Waals surface area contributed by atoms with Gasteiger partial charge in [0.05, 0.1) is 0 Å². The molecule has 0 spiro atoms. The minimum absolute atomic E-state index is 0.626. The second kappa shape index (κ2) is 5.92. The number of hydrogen-bond donors (Lipinski definition) is 1. The van der Waals surface area contributed by atoms with Crippen LogP contribution in [0.2, 0.25) is 0 Å². The Hall–Kier alpha value is -1.81. The van der Waals surface area contributed by atoms with E-state index in [-0.39, 0.29) is 0 Å². The molecule has 0 bridgehead atoms. The van der Waals surface area contributed by atoms with E-state index in [1.807, 2.05) is 0 Å². The molecule has 0 aliphatic carbocycles. The monoisotopic (exact) mass is 240 g/mol. The van der Waals surface area contributed by atoms with Crippen molar-refractivity contribution in [3.05, 3.63) is 48.0 Å². The summed E-state index contributed by atoms with van der Waals surface area (Å²) in [5.74, 6) is -2.02. The van der Waals surface area contributed by atoms with Crippen molar-refractivity contribution in [2.75, 3.05) is 0 Å². The zero-order chi connectivity index (χ0) is 12.0. The van der Waals surface area contributed by atoms with Crippen LogP contribution in [0.25, 0.3) is 0 Å². The number of carbonyl (C=O) groups is 2. The molecule has 1 aromatic carbocycles. The van der Waals surface area contributed by atoms with Gasteiger partial charge < -0.3 is 9.84 Å². The summed E-state index contributed by atoms with van der Waals surface area (Å²) in [5.41, 5.74) is -0.298. The molecular weight excluding hydrogens is 232 g/mol. The minimum atomic E-state index is -1.22. The predicted molar refractivity (Wildman–Crippen MR) is 57.9 cm³/mol. The second-order valence-corrected chi connectivity index (χ2v) is 3.23. The van der Waals surface area contributed by atoms with E-state index in [1.54, 1.807) is 30.3 Å². The number of ether oxygens (including phenoxy) is 1. The van der Waals surface area contributed by atoms with Crippen LogP contribution in [0.15, 0.2) is 42.5 Å². The Morgan fingerprint density at radius 3 is 2.44 bits per heavy atom. The van der Waals surface area contributed by atoms with Gasteiger partial charge in [-0.15, -0.1) is 0 Å². The molecule has 16 heavy (non-hydrogen) atoms. The zero-order valence-electron chi connectivity index (χ0n) is 8.17. The van der Waals surface area contributed by atoms with Crippen LogP contribution in [0, 0.1) is 0 Å². The molecule has 1 unspecified atom stereocenters. The normalized spacial score (nSPS) is 12.3. The standard InChI is InChI=1S/C11H9ClO4/c12-11(8-4-2-1-3-5-8)16-10(15)7-6-9(13)14/h1-7,11H,(H,13,14)/b7-6-. The average molecular weight is 241 g/mol. The van der Waals surface area contributed by atoms with Crippen LogP contribution in [0.1, 0.15) is 11.1 Å². The Labute approximate surface area is 97.1 Å². The van der Waals surface area contributed by atoms with Gasteiger partial charge >= 0.3 is 11.9 Å². The van der Waals surface area contributed by atoms with Gasteiger partial charge in [-0.1, -0.05) is 41.9 Å². The SMILES string of the molecule is O=C(O)/C=C\C(=O)OC(Cl)c1ccccc1. The maximum absolute atomic E-state index is 11.1. The van der Waals surface area contributed by atoms with Crippen molar-refractivity contribution in [2.24, 2.45) is 0 Å². The van der Waals surface area contributed by atoms with Gasteiger partial charge in [0.15, 0.2) is 0 Å². The third-order valence-corrected chi connectivity index (χ3v) is 1.98. The first-order chi connectivity index (χ1) is 7.59. The fraction of sp³-hybridized carbons (Fsp3) is 0.0909. The Kier molecular flexibility index (Phi) is 4.54. The van der Waals surface area contributed by atoms with Crippen LogP contribution >= 0.6 is 11.6 Å². The number of carboxylic acids is 1. The molecule has 84 valence electrons. The van der Waals surface area contributed by atoms with Crippen molar-refractivity contribution in [1.29, 1.82) is 0 Å². The van der Waals surface area contributed by atoms with Crippen LogP contribution in [-0.4, -0.2) is 17.0 Å². The maximum Gasteiger partial charge on any atom is 0.332 e. The lowest BCUT2D eigenvalue weighted by Crippen LogP contribution is -2.04. The third-order valence-electron chi connectivity index (χ3n) is 1.64. The van der Waals surface area contributed by atoms with Gasteiger partial charge in [-0.3, -0.25) is 0 Å². The average Bonchev–Trinajstić information content (AvgIpc) is 2.27. The van der Waals surface area contributed by atoms with E-state index < -0.39 is 17.5 Å². The summed E-state index contributed by atoms with van der Waals surface area (Å²) >= 11 is 5.79. The predicted octanol–water partition coefficient (Wildman–Crippen LogP) is 2.11. The molecule has 0 aliphatic rings. The highest BCUT2D eigenvalue weighted by atomic mass is 35.5. The lowest BCUT2D eigenvalue weighted by Gasteiger charge is -2.09. The van der Waals surface area contributed by atoms with Crippen LogP contribution in [-0.2, 0) is 14.3 Å². The van der Waals surface area contributed by atoms with Crippen LogP contribution < -0.4 is 0 Å². The molecule has 0 amide bonds. The van der Waals surface area contributed by atoms with Crippen molar-refractivity contribution in [2.45, 2.75) is 5.56 Å². The Bertz CT molecular complexity index is 400. The van der Waals surface area contributed by atoms with E-state index in [9.17, 15) is 9.59 Å². The molecule has 1 atom stereocenters. The molecule has 0 radical (unpaired) electrons. The molecular formula is C11H9ClO4. The van der Waals surface area contributed by atoms with Gasteiger partial charge in [0.25, 0.3) is 0 Å². The number of carboxylic acid groups (broad SMARTS) is 1. The Morgan fingerprint density at radius 2 is 1.88 bits per heavy atom. The van der Waals surface area contributed by atoms with Crippen LogP contribution in [0.5, 0.6) is 0 Å². The first-order valence-corrected chi connectivity index (χ1v) is 4.84. The van der Waals surface area contributed by atoms with Crippen LogP contribution in [0.3, 0.4) is 0 Å². The summed E-state index contributed by atoms with van der Waals surface area (Å²) in [6.45, 7) is 0. The van der Waals surface area contributed by atoms with Crippen molar-refractivity contribution in [3.8, 4) is 0 Å². The molecule has 0 aliphatic heterocycles. The van der Waals surface area contributed by atoms with Gasteiger partial charge in [0.2, 0.25) is 5.56 Å². The summed E-state index contributed by atoms with van der Waals surface area (Å²) in [7, 11) is 0. The highest BCUT2D eigenvalue weighted by molar-refractivity contribution is 6.20. The fourth-order valence-electron chi connectivity index (χ4n) is 0.953. The van der Waals surface area contributed by atoms with Crippen LogP contribution in [0.4, 0.5) is 0 Å². The summed E-state index contributed by atoms with van der Waals surface area (Å²) in [5, 5.41) is 8.29. The molecule has 0 saturated carbocycles. The molecule has 1 N–H and O–H groups in total. The molecule has 0 fully saturated rings. The number of aliphatic carboxylic acids is 1. The smallest absolute Gasteiger partial charge is 0.332 e. The van der Waals surface area contributed by atoms with Crippen molar-refractivity contribution >= 4 is 23.5 Å². The van der Waals surface area contributed by atoms with E-state index >= 15 is 0 Å². The summed E-state index contributed by atoms with van der Waals surface area (Å²) in [6, 6.07) is 8.72. The van der Waals surface area contributed by atoms with E-state index in [4.69, 9.17) is 21.4 Å². The van der Waals surface area contributed by atoms with Crippen molar-refractivity contribution in [1.82, 2.24) is 0 Å². The van der Waals surface area contributed by atoms with E-state index in [1.165, 1.54) is 0 Å². The van der Waals surface area contributed by atoms with E-state index in [2.05, 4.69) is 0 Å². The largest absolute Gasteiger partial charge is 0.478 e. The molecule has 0 heterocycles. The highest BCUT2D eigenvalue weighted by Crippen LogP contribution is 2.21. The van der Waals surface area contributed by atoms with Crippen molar-refractivity contribution in [3.63, 3.8) is 0 Å². The second-order valence-electron chi connectivity index (χ2n) is 2.84. The number of hydrogen-bond acceptors (Lipinski definition) is 3. The molecule has 0 saturated heterocycles. The topological polar surface area (TPSA) is 63.6 Å². The molecule has 4 nitrogen and oxygen atoms in total. The van der Waals surface area contributed by atoms with E-state index in [0.717, 1.165) is 6.08 Å². The molecule has 1 rings (SSSR count). The van der Waals surface area contributed by atoms with Crippen molar-refractivity contribution < 1.29 is 19.4 Å². The Morgan fingerprint density at radius 1 is 1.25 bits per heavy atom. The number of rotatable bonds is 4. The fourth-order valence-corrected chi connectivity index (χ4v) is 1.19.